The minimum atomic E-state index is -0.0965. The number of nitrogens with zero attached hydrogens (tertiary/aromatic N) is 2. The van der Waals surface area contributed by atoms with Crippen LogP contribution in [0.15, 0.2) is 59.8 Å². The minimum absolute atomic E-state index is 0.0965. The Morgan fingerprint density at radius 1 is 1.16 bits per heavy atom. The first-order valence-electron chi connectivity index (χ1n) is 7.77. The third-order valence-electron chi connectivity index (χ3n) is 3.30. The summed E-state index contributed by atoms with van der Waals surface area (Å²) >= 11 is 1.27. The van der Waals surface area contributed by atoms with Gasteiger partial charge in [-0.1, -0.05) is 47.7 Å². The Hall–Kier alpha value is -2.80. The van der Waals surface area contributed by atoms with Gasteiger partial charge in [0, 0.05) is 5.69 Å². The third-order valence-corrected chi connectivity index (χ3v) is 4.14. The molecule has 2 N–H and O–H groups in total. The summed E-state index contributed by atoms with van der Waals surface area (Å²) in [5.41, 5.74) is 1.93. The molecule has 0 aliphatic heterocycles. The number of anilines is 1. The number of carbonyl (C=O) groups is 1. The number of thioether (sulfide) groups is 1. The van der Waals surface area contributed by atoms with E-state index in [-0.39, 0.29) is 11.7 Å². The summed E-state index contributed by atoms with van der Waals surface area (Å²) in [5.74, 6) is 1.53. The predicted molar refractivity (Wildman–Crippen MR) is 97.7 cm³/mol. The maximum atomic E-state index is 12.0. The van der Waals surface area contributed by atoms with Gasteiger partial charge in [0.2, 0.25) is 11.1 Å². The van der Waals surface area contributed by atoms with E-state index in [1.54, 1.807) is 0 Å². The second-order valence-corrected chi connectivity index (χ2v) is 6.31. The molecule has 3 aromatic rings. The van der Waals surface area contributed by atoms with E-state index in [1.165, 1.54) is 11.8 Å². The van der Waals surface area contributed by atoms with Crippen LogP contribution in [-0.4, -0.2) is 26.8 Å². The lowest BCUT2D eigenvalue weighted by Crippen LogP contribution is -2.14. The molecule has 0 aliphatic carbocycles. The van der Waals surface area contributed by atoms with Crippen LogP contribution < -0.4 is 10.1 Å². The van der Waals surface area contributed by atoms with E-state index in [1.807, 2.05) is 61.5 Å². The number of para-hydroxylation sites is 1. The van der Waals surface area contributed by atoms with Crippen molar-refractivity contribution in [2.75, 3.05) is 11.1 Å². The maximum Gasteiger partial charge on any atom is 0.234 e. The van der Waals surface area contributed by atoms with Crippen LogP contribution in [0.2, 0.25) is 0 Å². The fourth-order valence-electron chi connectivity index (χ4n) is 2.04. The van der Waals surface area contributed by atoms with Gasteiger partial charge in [0.25, 0.3) is 0 Å². The smallest absolute Gasteiger partial charge is 0.234 e. The van der Waals surface area contributed by atoms with E-state index in [0.717, 1.165) is 17.0 Å². The molecular formula is C18H18N4O2S. The predicted octanol–water partition coefficient (Wildman–Crippen LogP) is 3.42. The highest BCUT2D eigenvalue weighted by Gasteiger charge is 2.08. The molecule has 0 bridgehead atoms. The monoisotopic (exact) mass is 354 g/mol. The average Bonchev–Trinajstić information content (AvgIpc) is 3.09. The molecule has 0 spiro atoms. The lowest BCUT2D eigenvalue weighted by atomic mass is 10.2. The van der Waals surface area contributed by atoms with E-state index in [9.17, 15) is 4.79 Å². The van der Waals surface area contributed by atoms with Crippen molar-refractivity contribution < 1.29 is 9.53 Å². The fourth-order valence-corrected chi connectivity index (χ4v) is 2.66. The summed E-state index contributed by atoms with van der Waals surface area (Å²) in [6.07, 6.45) is 0. The highest BCUT2D eigenvalue weighted by molar-refractivity contribution is 7.99. The van der Waals surface area contributed by atoms with Gasteiger partial charge in [-0.3, -0.25) is 9.89 Å². The number of hydrogen-bond donors (Lipinski definition) is 2. The van der Waals surface area contributed by atoms with Crippen LogP contribution >= 0.6 is 11.8 Å². The maximum absolute atomic E-state index is 12.0. The summed E-state index contributed by atoms with van der Waals surface area (Å²) in [6.45, 7) is 2.30. The van der Waals surface area contributed by atoms with Crippen molar-refractivity contribution in [1.29, 1.82) is 0 Å². The molecule has 128 valence electrons. The summed E-state index contributed by atoms with van der Waals surface area (Å²) in [4.78, 5) is 16.3. The lowest BCUT2D eigenvalue weighted by molar-refractivity contribution is -0.113. The molecule has 1 heterocycles. The van der Waals surface area contributed by atoms with Crippen molar-refractivity contribution >= 4 is 23.4 Å². The van der Waals surface area contributed by atoms with Crippen LogP contribution in [0, 0.1) is 6.92 Å². The van der Waals surface area contributed by atoms with Gasteiger partial charge in [-0.2, -0.15) is 0 Å². The number of aromatic nitrogens is 3. The van der Waals surface area contributed by atoms with Crippen LogP contribution in [-0.2, 0) is 11.4 Å². The quantitative estimate of drug-likeness (QED) is 0.636. The molecule has 0 unspecified atom stereocenters. The van der Waals surface area contributed by atoms with Gasteiger partial charge in [-0.25, -0.2) is 4.98 Å². The number of H-pyrrole nitrogens is 1. The number of carbonyl (C=O) groups excluding carboxylic acids is 1. The van der Waals surface area contributed by atoms with Crippen LogP contribution in [0.3, 0.4) is 0 Å². The Bertz CT molecular complexity index is 819. The van der Waals surface area contributed by atoms with Crippen LogP contribution in [0.4, 0.5) is 5.69 Å². The van der Waals surface area contributed by atoms with E-state index in [0.29, 0.717) is 17.6 Å². The Morgan fingerprint density at radius 3 is 2.68 bits per heavy atom. The molecule has 0 atom stereocenters. The molecule has 3 rings (SSSR count). The van der Waals surface area contributed by atoms with Gasteiger partial charge in [0.15, 0.2) is 5.82 Å². The highest BCUT2D eigenvalue weighted by atomic mass is 32.2. The van der Waals surface area contributed by atoms with E-state index in [4.69, 9.17) is 4.74 Å². The van der Waals surface area contributed by atoms with Gasteiger partial charge < -0.3 is 10.1 Å². The zero-order chi connectivity index (χ0) is 17.5. The molecule has 0 saturated heterocycles. The normalized spacial score (nSPS) is 10.4. The Labute approximate surface area is 150 Å². The largest absolute Gasteiger partial charge is 0.486 e. The van der Waals surface area contributed by atoms with Crippen molar-refractivity contribution in [3.05, 3.63) is 66.0 Å². The summed E-state index contributed by atoms with van der Waals surface area (Å²) in [6, 6.07) is 17.2. The van der Waals surface area contributed by atoms with E-state index >= 15 is 0 Å². The Morgan fingerprint density at radius 2 is 1.92 bits per heavy atom. The van der Waals surface area contributed by atoms with Crippen molar-refractivity contribution in [3.8, 4) is 5.75 Å². The number of benzene rings is 2. The standard InChI is InChI=1S/C18H18N4O2S/c1-13-7-9-14(10-8-13)19-17(23)12-25-18-20-16(21-22-18)11-24-15-5-3-2-4-6-15/h2-10H,11-12H2,1H3,(H,19,23)(H,20,21,22). The van der Waals surface area contributed by atoms with Crippen LogP contribution in [0.25, 0.3) is 0 Å². The molecular weight excluding hydrogens is 336 g/mol. The molecule has 2 aromatic carbocycles. The van der Waals surface area contributed by atoms with Gasteiger partial charge in [-0.05, 0) is 31.2 Å². The fraction of sp³-hybridized carbons (Fsp3) is 0.167. The molecule has 1 amide bonds. The van der Waals surface area contributed by atoms with Crippen molar-refractivity contribution in [2.45, 2.75) is 18.7 Å². The SMILES string of the molecule is Cc1ccc(NC(=O)CSc2n[nH]c(COc3ccccc3)n2)cc1. The van der Waals surface area contributed by atoms with Crippen molar-refractivity contribution in [3.63, 3.8) is 0 Å². The third kappa shape index (κ3) is 5.36. The highest BCUT2D eigenvalue weighted by Crippen LogP contribution is 2.15. The molecule has 6 nitrogen and oxygen atoms in total. The van der Waals surface area contributed by atoms with Gasteiger partial charge in [0.05, 0.1) is 5.75 Å². The number of aryl methyl sites for hydroxylation is 1. The van der Waals surface area contributed by atoms with Crippen LogP contribution in [0.5, 0.6) is 5.75 Å². The Balaban J connectivity index is 1.45. The van der Waals surface area contributed by atoms with E-state index < -0.39 is 0 Å². The zero-order valence-corrected chi connectivity index (χ0v) is 14.5. The first-order chi connectivity index (χ1) is 12.2. The summed E-state index contributed by atoms with van der Waals surface area (Å²) < 4.78 is 5.60. The number of amides is 1. The number of rotatable bonds is 7. The van der Waals surface area contributed by atoms with Gasteiger partial charge >= 0.3 is 0 Å². The van der Waals surface area contributed by atoms with E-state index in [2.05, 4.69) is 20.5 Å². The molecule has 25 heavy (non-hydrogen) atoms. The van der Waals surface area contributed by atoms with Crippen molar-refractivity contribution in [2.24, 2.45) is 0 Å². The minimum Gasteiger partial charge on any atom is -0.486 e. The number of nitrogens with one attached hydrogen (secondary N) is 2. The second kappa shape index (κ2) is 8.34. The molecule has 0 radical (unpaired) electrons. The summed E-state index contributed by atoms with van der Waals surface area (Å²) in [5, 5.41) is 10.3. The van der Waals surface area contributed by atoms with Gasteiger partial charge in [0.1, 0.15) is 12.4 Å². The van der Waals surface area contributed by atoms with Crippen molar-refractivity contribution in [1.82, 2.24) is 15.2 Å². The first kappa shape index (κ1) is 17.0. The number of hydrogen-bond acceptors (Lipinski definition) is 5. The van der Waals surface area contributed by atoms with Gasteiger partial charge in [-0.15, -0.1) is 5.10 Å². The average molecular weight is 354 g/mol. The zero-order valence-electron chi connectivity index (χ0n) is 13.7. The molecule has 0 saturated carbocycles. The summed E-state index contributed by atoms with van der Waals surface area (Å²) in [7, 11) is 0. The van der Waals surface area contributed by atoms with Crippen LogP contribution in [0.1, 0.15) is 11.4 Å². The molecule has 7 heteroatoms. The number of ether oxygens (including phenoxy) is 1. The molecule has 1 aromatic heterocycles. The lowest BCUT2D eigenvalue weighted by Gasteiger charge is -2.04. The Kier molecular flexibility index (Phi) is 5.69. The number of aromatic amines is 1. The first-order valence-corrected chi connectivity index (χ1v) is 8.76. The topological polar surface area (TPSA) is 79.9 Å². The second-order valence-electron chi connectivity index (χ2n) is 5.37. The molecule has 0 fully saturated rings. The molecule has 0 aliphatic rings.